The van der Waals surface area contributed by atoms with E-state index in [-0.39, 0.29) is 47.1 Å². The van der Waals surface area contributed by atoms with Crippen molar-refractivity contribution in [1.82, 2.24) is 20.0 Å². The number of carbonyl (C=O) groups excluding carboxylic acids is 3. The molecule has 4 aliphatic rings. The van der Waals surface area contributed by atoms with Gasteiger partial charge in [-0.25, -0.2) is 0 Å². The molecule has 3 N–H and O–H groups in total. The number of piperidine rings is 2. The SMILES string of the molecule is CC(=O)OC(C)=O.CC(C)(C)CCN1CCC(CCN2CCN(c3ccc(Cl)cc3Cl)[C@H](c3ccc(Cl)cc3)C2)CC1.COCC(C)(C)C.C[C-]=O.Clc1ccc([C@@H]2CN(CCC3CCNCC3)CCN2c2ccc(Cl)cc2Cl)cc1.O.[B]=O.[Na+]. The summed E-state index contributed by atoms with van der Waals surface area (Å²) in [5, 5.41) is 7.76. The Labute approximate surface area is 562 Å². The molecule has 4 heterocycles. The van der Waals surface area contributed by atoms with Gasteiger partial charge in [0.2, 0.25) is 0 Å². The molecule has 13 nitrogen and oxygen atoms in total. The van der Waals surface area contributed by atoms with E-state index in [4.69, 9.17) is 83.8 Å². The Morgan fingerprint density at radius 1 is 0.576 bits per heavy atom. The van der Waals surface area contributed by atoms with E-state index in [0.717, 1.165) is 85.7 Å². The van der Waals surface area contributed by atoms with Crippen molar-refractivity contribution in [2.24, 2.45) is 22.7 Å². The molecular weight excluding hydrogens is 1210 g/mol. The fourth-order valence-corrected chi connectivity index (χ4v) is 11.8. The minimum atomic E-state index is -0.562. The first-order valence-electron chi connectivity index (χ1n) is 28.9. The van der Waals surface area contributed by atoms with Crippen LogP contribution in [0.2, 0.25) is 30.1 Å². The molecule has 2 atom stereocenters. The first-order valence-corrected chi connectivity index (χ1v) is 31.2. The third-order valence-corrected chi connectivity index (χ3v) is 16.4. The number of ether oxygens (including phenoxy) is 2. The third kappa shape index (κ3) is 31.8. The third-order valence-electron chi connectivity index (χ3n) is 14.8. The fourth-order valence-electron chi connectivity index (χ4n) is 10.6. The number of hydrogen-bond donors (Lipinski definition) is 1. The number of hydrogen-bond acceptors (Lipinski definition) is 12. The summed E-state index contributed by atoms with van der Waals surface area (Å²) in [5.41, 5.74) is 5.40. The van der Waals surface area contributed by atoms with Gasteiger partial charge < -0.3 is 39.8 Å². The van der Waals surface area contributed by atoms with Gasteiger partial charge in [-0.15, -0.1) is 0 Å². The normalized spacial score (nSPS) is 17.8. The predicted octanol–water partition coefficient (Wildman–Crippen LogP) is 11.5. The Balaban J connectivity index is 0.000000647. The number of nitrogens with one attached hydrogen (secondary N) is 1. The molecule has 8 rings (SSSR count). The molecule has 0 aromatic heterocycles. The number of halogens is 6. The zero-order chi connectivity index (χ0) is 61.7. The summed E-state index contributed by atoms with van der Waals surface area (Å²) >= 11 is 37.9. The number of anilines is 2. The van der Waals surface area contributed by atoms with Crippen LogP contribution >= 0.6 is 69.6 Å². The van der Waals surface area contributed by atoms with E-state index in [2.05, 4.69) is 114 Å². The van der Waals surface area contributed by atoms with Crippen molar-refractivity contribution in [2.75, 3.05) is 109 Å². The van der Waals surface area contributed by atoms with E-state index in [0.29, 0.717) is 30.9 Å². The summed E-state index contributed by atoms with van der Waals surface area (Å²) < 4.78 is 16.6. The Morgan fingerprint density at radius 2 is 0.953 bits per heavy atom. The summed E-state index contributed by atoms with van der Waals surface area (Å²) in [6, 6.07) is 28.6. The second-order valence-corrected chi connectivity index (χ2v) is 26.5. The number of esters is 2. The van der Waals surface area contributed by atoms with Gasteiger partial charge >= 0.3 is 53.9 Å². The summed E-state index contributed by atoms with van der Waals surface area (Å²) in [5.74, 6) is 0.576. The molecule has 1 radical (unpaired) electrons. The maximum atomic E-state index is 9.81. The van der Waals surface area contributed by atoms with Gasteiger partial charge in [-0.2, -0.15) is 6.92 Å². The zero-order valence-corrected chi connectivity index (χ0v) is 58.8. The first-order chi connectivity index (χ1) is 39.4. The summed E-state index contributed by atoms with van der Waals surface area (Å²) in [6.07, 6.45) is 10.7. The van der Waals surface area contributed by atoms with E-state index < -0.39 is 11.9 Å². The van der Waals surface area contributed by atoms with Crippen molar-refractivity contribution in [3.63, 3.8) is 0 Å². The van der Waals surface area contributed by atoms with Crippen LogP contribution in [0, 0.1) is 22.7 Å². The first kappa shape index (κ1) is 80.7. The van der Waals surface area contributed by atoms with Crippen LogP contribution < -0.4 is 44.7 Å². The van der Waals surface area contributed by atoms with Crippen LogP contribution in [-0.2, 0) is 28.6 Å². The van der Waals surface area contributed by atoms with Crippen LogP contribution in [-0.4, -0.2) is 145 Å². The standard InChI is InChI=1S/C29H40Cl3N3.C23H28Cl3N3.C6H14O.C4H6O3.C2H3O.BO.Na.H2O/c1-29(2,3)13-17-33-14-10-22(11-15-33)12-16-34-18-19-35(27-9-8-25(31)20-26(27)32)28(21-34)23-4-6-24(30)7-5-23;24-19-3-1-18(2-4-19)23-16-28(12-9-17-7-10-27-11-8-17)13-14-29(23)22-6-5-20(25)15-21(22)26;1-6(2,3)5-7-4;1-3(5)7-4(2)6;1-2-3;1-2;;/h4-9,20,22,28H,10-19,21H2,1-3H3;1-6,15,17,23,27H,7-14,16H2;5H2,1-4H3;1-2H3;1H3;;;1H2/q;;;;-1;;+1;/t28-;23-;;;;;;/m00....../s1. The number of methoxy groups -OCH3 is 1. The van der Waals surface area contributed by atoms with Crippen LogP contribution in [0.25, 0.3) is 0 Å². The zero-order valence-electron chi connectivity index (χ0n) is 52.3. The van der Waals surface area contributed by atoms with Crippen molar-refractivity contribution < 1.29 is 63.6 Å². The van der Waals surface area contributed by atoms with E-state index in [9.17, 15) is 9.59 Å². The van der Waals surface area contributed by atoms with Crippen molar-refractivity contribution in [2.45, 2.75) is 119 Å². The number of piperazine rings is 2. The molecule has 4 aliphatic heterocycles. The van der Waals surface area contributed by atoms with Crippen LogP contribution in [0.15, 0.2) is 84.9 Å². The molecule has 85 heavy (non-hydrogen) atoms. The summed E-state index contributed by atoms with van der Waals surface area (Å²) in [7, 11) is 4.98. The van der Waals surface area contributed by atoms with E-state index in [1.54, 1.807) is 7.11 Å². The van der Waals surface area contributed by atoms with Gasteiger partial charge in [0.05, 0.1) is 40.1 Å². The molecule has 4 saturated heterocycles. The van der Waals surface area contributed by atoms with E-state index in [1.807, 2.05) is 54.6 Å². The van der Waals surface area contributed by atoms with Gasteiger partial charge in [-0.1, -0.05) is 135 Å². The average molecular weight is 1310 g/mol. The van der Waals surface area contributed by atoms with E-state index in [1.165, 1.54) is 122 Å². The number of rotatable bonds is 13. The van der Waals surface area contributed by atoms with Gasteiger partial charge in [0.25, 0.3) is 0 Å². The average Bonchev–Trinajstić information content (AvgIpc) is 2.20. The largest absolute Gasteiger partial charge is 1.00 e. The summed E-state index contributed by atoms with van der Waals surface area (Å²) in [4.78, 5) is 41.1. The number of nitrogens with zero attached hydrogens (tertiary/aromatic N) is 5. The number of benzene rings is 4. The van der Waals surface area contributed by atoms with Crippen molar-refractivity contribution >= 4 is 107 Å². The topological polar surface area (TPSA) is 146 Å². The molecule has 467 valence electrons. The second-order valence-electron chi connectivity index (χ2n) is 24.0. The minimum Gasteiger partial charge on any atom is 1.00 e. The smallest absolute Gasteiger partial charge is 1.00 e. The summed E-state index contributed by atoms with van der Waals surface area (Å²) in [6.45, 7) is 32.4. The number of likely N-dealkylation sites (tertiary alicyclic amines) is 1. The maximum absolute atomic E-state index is 9.81. The van der Waals surface area contributed by atoms with E-state index >= 15 is 0 Å². The quantitative estimate of drug-likeness (QED) is 0.0588. The molecule has 0 amide bonds. The van der Waals surface area contributed by atoms with Gasteiger partial charge in [-0.3, -0.25) is 25.7 Å². The Bertz CT molecular complexity index is 2510. The van der Waals surface area contributed by atoms with Gasteiger partial charge in [0, 0.05) is 80.3 Å². The Kier molecular flexibility index (Phi) is 40.4. The Hall–Kier alpha value is -2.35. The molecule has 21 heteroatoms. The molecule has 0 unspecified atom stereocenters. The monoisotopic (exact) mass is 1300 g/mol. The molecule has 4 aromatic rings. The van der Waals surface area contributed by atoms with Crippen molar-refractivity contribution in [3.05, 3.63) is 126 Å². The second kappa shape index (κ2) is 42.6. The molecule has 0 saturated carbocycles. The minimum absolute atomic E-state index is 0. The van der Waals surface area contributed by atoms with Crippen LogP contribution in [0.1, 0.15) is 130 Å². The van der Waals surface area contributed by atoms with Crippen molar-refractivity contribution in [1.29, 1.82) is 0 Å². The van der Waals surface area contributed by atoms with Crippen LogP contribution in [0.3, 0.4) is 0 Å². The molecular formula is C64H93BCl6N6NaO7. The van der Waals surface area contributed by atoms with Crippen LogP contribution in [0.4, 0.5) is 11.4 Å². The van der Waals surface area contributed by atoms with Crippen LogP contribution in [0.5, 0.6) is 0 Å². The Morgan fingerprint density at radius 3 is 1.27 bits per heavy atom. The fraction of sp³-hybridized carbons (Fsp3) is 0.578. The van der Waals surface area contributed by atoms with Gasteiger partial charge in [0.15, 0.2) is 0 Å². The molecule has 0 spiro atoms. The molecule has 0 bridgehead atoms. The van der Waals surface area contributed by atoms with Gasteiger partial charge in [0.1, 0.15) is 0 Å². The predicted molar refractivity (Wildman–Crippen MR) is 352 cm³/mol. The van der Waals surface area contributed by atoms with Gasteiger partial charge in [-0.05, 0) is 185 Å². The molecule has 0 aliphatic carbocycles. The van der Waals surface area contributed by atoms with Crippen molar-refractivity contribution in [3.8, 4) is 0 Å². The molecule has 4 aromatic carbocycles. The maximum Gasteiger partial charge on any atom is 1.00 e. The molecule has 4 fully saturated rings. The number of carbonyl (C=O) groups is 2.